The maximum absolute atomic E-state index is 13.3. The number of likely N-dealkylation sites (N-methyl/N-ethyl adjacent to an activating group) is 1. The van der Waals surface area contributed by atoms with E-state index < -0.39 is 6.03 Å². The Morgan fingerprint density at radius 3 is 2.70 bits per heavy atom. The first-order chi connectivity index (χ1) is 15.7. The van der Waals surface area contributed by atoms with Gasteiger partial charge >= 0.3 is 6.03 Å². The summed E-state index contributed by atoms with van der Waals surface area (Å²) in [6.07, 6.45) is -0.121. The Labute approximate surface area is 194 Å². The fraction of sp³-hybridized carbons (Fsp3) is 0.522. The van der Waals surface area contributed by atoms with E-state index >= 15 is 0 Å². The van der Waals surface area contributed by atoms with E-state index in [-0.39, 0.29) is 24.0 Å². The van der Waals surface area contributed by atoms with Crippen LogP contribution in [0.5, 0.6) is 5.75 Å². The molecule has 1 aromatic carbocycles. The predicted octanol–water partition coefficient (Wildman–Crippen LogP) is 3.03. The molecule has 2 aromatic rings. The van der Waals surface area contributed by atoms with Gasteiger partial charge in [0, 0.05) is 39.0 Å². The molecule has 0 bridgehead atoms. The Bertz CT molecular complexity index is 972. The molecule has 0 saturated carbocycles. The van der Waals surface area contributed by atoms with Gasteiger partial charge in [-0.25, -0.2) is 4.79 Å². The summed E-state index contributed by atoms with van der Waals surface area (Å²) in [7, 11) is 3.39. The molecule has 3 N–H and O–H groups in total. The number of hydrogen-bond donors (Lipinski definition) is 3. The van der Waals surface area contributed by atoms with Crippen LogP contribution in [0.15, 0.2) is 22.7 Å². The third-order valence-electron chi connectivity index (χ3n) is 5.75. The number of rotatable bonds is 3. The van der Waals surface area contributed by atoms with Gasteiger partial charge in [0.15, 0.2) is 5.76 Å². The van der Waals surface area contributed by atoms with Crippen LogP contribution in [0.4, 0.5) is 16.2 Å². The van der Waals surface area contributed by atoms with Crippen molar-refractivity contribution in [3.8, 4) is 5.75 Å². The summed E-state index contributed by atoms with van der Waals surface area (Å²) in [6, 6.07) is 4.63. The second-order valence-corrected chi connectivity index (χ2v) is 8.55. The fourth-order valence-electron chi connectivity index (χ4n) is 3.68. The number of hydrogen-bond acceptors (Lipinski definition) is 7. The molecule has 3 amide bonds. The largest absolute Gasteiger partial charge is 0.491 e. The van der Waals surface area contributed by atoms with Gasteiger partial charge in [-0.15, -0.1) is 0 Å². The van der Waals surface area contributed by atoms with Crippen LogP contribution in [0.3, 0.4) is 0 Å². The molecule has 10 nitrogen and oxygen atoms in total. The van der Waals surface area contributed by atoms with Gasteiger partial charge in [-0.1, -0.05) is 12.1 Å². The smallest absolute Gasteiger partial charge is 0.323 e. The number of nitrogens with one attached hydrogen (secondary N) is 3. The zero-order valence-corrected chi connectivity index (χ0v) is 20.0. The summed E-state index contributed by atoms with van der Waals surface area (Å²) in [5, 5.41) is 12.8. The highest BCUT2D eigenvalue weighted by atomic mass is 16.5. The van der Waals surface area contributed by atoms with Gasteiger partial charge in [0.1, 0.15) is 23.7 Å². The Hall–Kier alpha value is -3.11. The number of aryl methyl sites for hydroxylation is 2. The van der Waals surface area contributed by atoms with E-state index in [1.165, 1.54) is 0 Å². The number of urea groups is 1. The number of anilines is 2. The zero-order chi connectivity index (χ0) is 24.1. The molecule has 0 aliphatic carbocycles. The topological polar surface area (TPSA) is 118 Å². The Kier molecular flexibility index (Phi) is 7.93. The monoisotopic (exact) mass is 459 g/mol. The van der Waals surface area contributed by atoms with Gasteiger partial charge in [0.25, 0.3) is 5.91 Å². The fourth-order valence-corrected chi connectivity index (χ4v) is 3.68. The zero-order valence-electron chi connectivity index (χ0n) is 20.0. The molecule has 10 heteroatoms. The molecule has 33 heavy (non-hydrogen) atoms. The lowest BCUT2D eigenvalue weighted by Crippen LogP contribution is -2.44. The van der Waals surface area contributed by atoms with Crippen LogP contribution < -0.4 is 20.7 Å². The molecule has 3 atom stereocenters. The molecule has 0 radical (unpaired) electrons. The second kappa shape index (κ2) is 10.7. The molecule has 1 aromatic heterocycles. The van der Waals surface area contributed by atoms with Crippen LogP contribution in [-0.4, -0.2) is 68.0 Å². The average Bonchev–Trinajstić information content (AvgIpc) is 3.10. The first kappa shape index (κ1) is 24.5. The summed E-state index contributed by atoms with van der Waals surface area (Å²) < 4.78 is 16.7. The minimum Gasteiger partial charge on any atom is -0.491 e. The maximum atomic E-state index is 13.3. The van der Waals surface area contributed by atoms with Gasteiger partial charge in [-0.3, -0.25) is 4.79 Å². The number of aromatic nitrogens is 1. The second-order valence-electron chi connectivity index (χ2n) is 8.55. The standard InChI is InChI=1S/C23H33N5O5/c1-13-10-24-14(2)12-32-19-8-7-17(9-18(19)22(29)28(5)11-20(13)31-6)25-23(30)26-21-15(3)27-33-16(21)4/h7-9,13-14,20,24H,10-12H2,1-6H3,(H2,25,26,30)/t13-,14-,20+/m1/s1. The number of benzene rings is 1. The summed E-state index contributed by atoms with van der Waals surface area (Å²) >= 11 is 0. The number of fused-ring (bicyclic) bond motifs is 1. The van der Waals surface area contributed by atoms with Gasteiger partial charge in [0.2, 0.25) is 0 Å². The number of ether oxygens (including phenoxy) is 2. The van der Waals surface area contributed by atoms with Crippen LogP contribution in [0, 0.1) is 19.8 Å². The molecule has 0 saturated heterocycles. The molecule has 1 aliphatic rings. The average molecular weight is 460 g/mol. The number of nitrogens with zero attached hydrogens (tertiary/aromatic N) is 2. The predicted molar refractivity (Wildman–Crippen MR) is 125 cm³/mol. The Balaban J connectivity index is 1.84. The van der Waals surface area contributed by atoms with Crippen LogP contribution in [0.2, 0.25) is 0 Å². The molecular formula is C23H33N5O5. The van der Waals surface area contributed by atoms with Gasteiger partial charge in [-0.2, -0.15) is 0 Å². The highest BCUT2D eigenvalue weighted by Crippen LogP contribution is 2.26. The SMILES string of the molecule is CO[C@H]1CN(C)C(=O)c2cc(NC(=O)Nc3c(C)noc3C)ccc2OC[C@@H](C)NC[C@H]1C. The summed E-state index contributed by atoms with van der Waals surface area (Å²) in [5.74, 6) is 0.956. The van der Waals surface area contributed by atoms with Crippen molar-refractivity contribution in [3.63, 3.8) is 0 Å². The lowest BCUT2D eigenvalue weighted by atomic mass is 10.0. The van der Waals surface area contributed by atoms with Crippen molar-refractivity contribution in [2.24, 2.45) is 5.92 Å². The van der Waals surface area contributed by atoms with Crippen LogP contribution >= 0.6 is 0 Å². The van der Waals surface area contributed by atoms with Crippen molar-refractivity contribution >= 4 is 23.3 Å². The Morgan fingerprint density at radius 2 is 2.03 bits per heavy atom. The van der Waals surface area contributed by atoms with E-state index in [0.29, 0.717) is 47.3 Å². The molecule has 2 heterocycles. The van der Waals surface area contributed by atoms with Gasteiger partial charge in [-0.05, 0) is 44.9 Å². The first-order valence-electron chi connectivity index (χ1n) is 11.0. The normalized spacial score (nSPS) is 21.9. The number of carbonyl (C=O) groups is 2. The highest BCUT2D eigenvalue weighted by Gasteiger charge is 2.25. The maximum Gasteiger partial charge on any atom is 0.323 e. The first-order valence-corrected chi connectivity index (χ1v) is 11.0. The minimum atomic E-state index is -0.467. The Morgan fingerprint density at radius 1 is 1.27 bits per heavy atom. The summed E-state index contributed by atoms with van der Waals surface area (Å²) in [6.45, 7) is 9.15. The van der Waals surface area contributed by atoms with Crippen LogP contribution in [0.1, 0.15) is 35.7 Å². The molecule has 180 valence electrons. The third kappa shape index (κ3) is 6.02. The quantitative estimate of drug-likeness (QED) is 0.646. The van der Waals surface area contributed by atoms with Crippen LogP contribution in [-0.2, 0) is 4.74 Å². The van der Waals surface area contributed by atoms with Crippen molar-refractivity contribution in [2.75, 3.05) is 44.5 Å². The number of amides is 3. The van der Waals surface area contributed by atoms with Gasteiger partial charge < -0.3 is 34.8 Å². The molecule has 3 rings (SSSR count). The van der Waals surface area contributed by atoms with Crippen molar-refractivity contribution in [2.45, 2.75) is 39.8 Å². The van der Waals surface area contributed by atoms with Crippen molar-refractivity contribution in [1.82, 2.24) is 15.4 Å². The molecule has 1 aliphatic heterocycles. The van der Waals surface area contributed by atoms with Crippen molar-refractivity contribution < 1.29 is 23.6 Å². The minimum absolute atomic E-state index is 0.0868. The summed E-state index contributed by atoms with van der Waals surface area (Å²) in [5.41, 5.74) is 1.91. The lowest BCUT2D eigenvalue weighted by Gasteiger charge is -2.30. The van der Waals surface area contributed by atoms with E-state index in [2.05, 4.69) is 28.0 Å². The molecule has 0 fully saturated rings. The van der Waals surface area contributed by atoms with E-state index in [4.69, 9.17) is 14.0 Å². The van der Waals surface area contributed by atoms with Crippen molar-refractivity contribution in [1.29, 1.82) is 0 Å². The van der Waals surface area contributed by atoms with E-state index in [9.17, 15) is 9.59 Å². The number of methoxy groups -OCH3 is 1. The molecule has 0 spiro atoms. The molecular weight excluding hydrogens is 426 g/mol. The van der Waals surface area contributed by atoms with E-state index in [1.807, 2.05) is 6.92 Å². The molecule has 0 unspecified atom stereocenters. The van der Waals surface area contributed by atoms with Crippen LogP contribution in [0.25, 0.3) is 0 Å². The third-order valence-corrected chi connectivity index (χ3v) is 5.75. The van der Waals surface area contributed by atoms with E-state index in [1.54, 1.807) is 51.1 Å². The van der Waals surface area contributed by atoms with Crippen molar-refractivity contribution in [3.05, 3.63) is 35.2 Å². The van der Waals surface area contributed by atoms with Gasteiger partial charge in [0.05, 0.1) is 11.7 Å². The lowest BCUT2D eigenvalue weighted by molar-refractivity contribution is 0.0281. The van der Waals surface area contributed by atoms with E-state index in [0.717, 1.165) is 6.54 Å². The highest BCUT2D eigenvalue weighted by molar-refractivity contribution is 6.02. The summed E-state index contributed by atoms with van der Waals surface area (Å²) in [4.78, 5) is 27.5. The number of carbonyl (C=O) groups excluding carboxylic acids is 2.